The Balaban J connectivity index is 2.48. The Morgan fingerprint density at radius 2 is 2.27 bits per heavy atom. The molecule has 1 heterocycles. The summed E-state index contributed by atoms with van der Waals surface area (Å²) in [6.45, 7) is 4.38. The van der Waals surface area contributed by atoms with E-state index in [0.29, 0.717) is 0 Å². The molecule has 1 aliphatic rings. The zero-order valence-corrected chi connectivity index (χ0v) is 7.71. The monoisotopic (exact) mass is 156 g/mol. The molecular formula is C9H20N2. The van der Waals surface area contributed by atoms with Crippen molar-refractivity contribution >= 4 is 0 Å². The molecule has 0 aromatic carbocycles. The molecular weight excluding hydrogens is 136 g/mol. The van der Waals surface area contributed by atoms with Crippen molar-refractivity contribution in [3.8, 4) is 0 Å². The Kier molecular flexibility index (Phi) is 3.34. The molecule has 1 fully saturated rings. The number of nitrogens with two attached hydrogens (primary N) is 1. The Hall–Kier alpha value is -0.0800. The van der Waals surface area contributed by atoms with Gasteiger partial charge < -0.3 is 10.6 Å². The van der Waals surface area contributed by atoms with E-state index in [9.17, 15) is 0 Å². The van der Waals surface area contributed by atoms with E-state index in [-0.39, 0.29) is 0 Å². The molecule has 66 valence electrons. The molecule has 0 bridgehead atoms. The second-order valence-electron chi connectivity index (χ2n) is 3.59. The average molecular weight is 156 g/mol. The van der Waals surface area contributed by atoms with Crippen LogP contribution in [0.5, 0.6) is 0 Å². The van der Waals surface area contributed by atoms with Crippen LogP contribution >= 0.6 is 0 Å². The number of piperidine rings is 1. The minimum Gasteiger partial charge on any atom is -0.330 e. The van der Waals surface area contributed by atoms with E-state index in [2.05, 4.69) is 18.9 Å². The molecule has 0 aromatic heterocycles. The molecule has 2 unspecified atom stereocenters. The predicted octanol–water partition coefficient (Wildman–Crippen LogP) is 1.07. The molecule has 2 atom stereocenters. The molecule has 11 heavy (non-hydrogen) atoms. The van der Waals surface area contributed by atoms with Gasteiger partial charge in [-0.05, 0) is 45.3 Å². The fraction of sp³-hybridized carbons (Fsp3) is 1.00. The van der Waals surface area contributed by atoms with Crippen LogP contribution in [0.25, 0.3) is 0 Å². The summed E-state index contributed by atoms with van der Waals surface area (Å²) in [5.41, 5.74) is 5.70. The minimum absolute atomic E-state index is 0.744. The van der Waals surface area contributed by atoms with E-state index in [1.165, 1.54) is 25.8 Å². The molecule has 1 rings (SSSR count). The van der Waals surface area contributed by atoms with Crippen LogP contribution in [-0.2, 0) is 0 Å². The lowest BCUT2D eigenvalue weighted by Crippen LogP contribution is -2.44. The van der Waals surface area contributed by atoms with Gasteiger partial charge in [0, 0.05) is 6.04 Å². The number of likely N-dealkylation sites (tertiary alicyclic amines) is 1. The Labute approximate surface area is 69.8 Å². The third kappa shape index (κ3) is 1.94. The van der Waals surface area contributed by atoms with Crippen LogP contribution in [0.3, 0.4) is 0 Å². The lowest BCUT2D eigenvalue weighted by atomic mass is 9.88. The van der Waals surface area contributed by atoms with Crippen molar-refractivity contribution in [1.82, 2.24) is 4.90 Å². The van der Waals surface area contributed by atoms with Crippen molar-refractivity contribution in [1.29, 1.82) is 0 Å². The normalized spacial score (nSPS) is 34.1. The SMILES string of the molecule is CCC1C(CN)CCCN1C. The molecule has 2 heteroatoms. The molecule has 1 saturated heterocycles. The third-order valence-electron chi connectivity index (χ3n) is 2.92. The number of nitrogens with zero attached hydrogens (tertiary/aromatic N) is 1. The van der Waals surface area contributed by atoms with Gasteiger partial charge in [-0.25, -0.2) is 0 Å². The summed E-state index contributed by atoms with van der Waals surface area (Å²) >= 11 is 0. The van der Waals surface area contributed by atoms with Crippen molar-refractivity contribution in [2.45, 2.75) is 32.2 Å². The fourth-order valence-electron chi connectivity index (χ4n) is 2.24. The van der Waals surface area contributed by atoms with E-state index < -0.39 is 0 Å². The predicted molar refractivity (Wildman–Crippen MR) is 48.5 cm³/mol. The van der Waals surface area contributed by atoms with Gasteiger partial charge in [0.15, 0.2) is 0 Å². The molecule has 0 amide bonds. The topological polar surface area (TPSA) is 29.3 Å². The third-order valence-corrected chi connectivity index (χ3v) is 2.92. The van der Waals surface area contributed by atoms with E-state index in [1.807, 2.05) is 0 Å². The summed E-state index contributed by atoms with van der Waals surface area (Å²) in [5.74, 6) is 0.749. The minimum atomic E-state index is 0.744. The maximum absolute atomic E-state index is 5.70. The average Bonchev–Trinajstić information content (AvgIpc) is 2.04. The Morgan fingerprint density at radius 1 is 1.55 bits per heavy atom. The highest BCUT2D eigenvalue weighted by molar-refractivity contribution is 4.81. The largest absolute Gasteiger partial charge is 0.330 e. The van der Waals surface area contributed by atoms with Gasteiger partial charge in [-0.2, -0.15) is 0 Å². The highest BCUT2D eigenvalue weighted by atomic mass is 15.1. The van der Waals surface area contributed by atoms with Crippen LogP contribution in [0.1, 0.15) is 26.2 Å². The first-order valence-electron chi connectivity index (χ1n) is 4.70. The first kappa shape index (κ1) is 9.01. The van der Waals surface area contributed by atoms with Gasteiger partial charge in [0.25, 0.3) is 0 Å². The van der Waals surface area contributed by atoms with Gasteiger partial charge in [-0.1, -0.05) is 6.92 Å². The highest BCUT2D eigenvalue weighted by Crippen LogP contribution is 2.23. The Bertz CT molecular complexity index is 114. The van der Waals surface area contributed by atoms with Gasteiger partial charge in [0.2, 0.25) is 0 Å². The quantitative estimate of drug-likeness (QED) is 0.648. The van der Waals surface area contributed by atoms with Crippen molar-refractivity contribution in [2.75, 3.05) is 20.1 Å². The smallest absolute Gasteiger partial charge is 0.0130 e. The van der Waals surface area contributed by atoms with Gasteiger partial charge >= 0.3 is 0 Å². The van der Waals surface area contributed by atoms with Crippen LogP contribution in [-0.4, -0.2) is 31.1 Å². The summed E-state index contributed by atoms with van der Waals surface area (Å²) < 4.78 is 0. The molecule has 0 aromatic rings. The molecule has 1 aliphatic heterocycles. The van der Waals surface area contributed by atoms with Crippen molar-refractivity contribution in [2.24, 2.45) is 11.7 Å². The van der Waals surface area contributed by atoms with Crippen LogP contribution in [0.2, 0.25) is 0 Å². The van der Waals surface area contributed by atoms with Gasteiger partial charge in [-0.3, -0.25) is 0 Å². The molecule has 0 saturated carbocycles. The lowest BCUT2D eigenvalue weighted by Gasteiger charge is -2.38. The van der Waals surface area contributed by atoms with Gasteiger partial charge in [0.1, 0.15) is 0 Å². The highest BCUT2D eigenvalue weighted by Gasteiger charge is 2.25. The molecule has 0 radical (unpaired) electrons. The lowest BCUT2D eigenvalue weighted by molar-refractivity contribution is 0.121. The standard InChI is InChI=1S/C9H20N2/c1-3-9-8(7-10)5-4-6-11(9)2/h8-9H,3-7,10H2,1-2H3. The zero-order chi connectivity index (χ0) is 8.27. The van der Waals surface area contributed by atoms with E-state index in [0.717, 1.165) is 18.5 Å². The first-order valence-corrected chi connectivity index (χ1v) is 4.70. The second-order valence-corrected chi connectivity index (χ2v) is 3.59. The van der Waals surface area contributed by atoms with Crippen molar-refractivity contribution in [3.63, 3.8) is 0 Å². The van der Waals surface area contributed by atoms with Crippen LogP contribution in [0.15, 0.2) is 0 Å². The van der Waals surface area contributed by atoms with Gasteiger partial charge in [-0.15, -0.1) is 0 Å². The molecule has 2 N–H and O–H groups in total. The van der Waals surface area contributed by atoms with E-state index >= 15 is 0 Å². The Morgan fingerprint density at radius 3 is 2.73 bits per heavy atom. The number of hydrogen-bond donors (Lipinski definition) is 1. The summed E-state index contributed by atoms with van der Waals surface area (Å²) in [5, 5.41) is 0. The van der Waals surface area contributed by atoms with Crippen LogP contribution in [0, 0.1) is 5.92 Å². The van der Waals surface area contributed by atoms with Crippen LogP contribution in [0.4, 0.5) is 0 Å². The van der Waals surface area contributed by atoms with Gasteiger partial charge in [0.05, 0.1) is 0 Å². The fourth-order valence-corrected chi connectivity index (χ4v) is 2.24. The van der Waals surface area contributed by atoms with Crippen molar-refractivity contribution in [3.05, 3.63) is 0 Å². The molecule has 2 nitrogen and oxygen atoms in total. The number of hydrogen-bond acceptors (Lipinski definition) is 2. The van der Waals surface area contributed by atoms with E-state index in [4.69, 9.17) is 5.73 Å². The number of rotatable bonds is 2. The zero-order valence-electron chi connectivity index (χ0n) is 7.71. The molecule has 0 aliphatic carbocycles. The van der Waals surface area contributed by atoms with E-state index in [1.54, 1.807) is 0 Å². The summed E-state index contributed by atoms with van der Waals surface area (Å²) in [7, 11) is 2.22. The maximum atomic E-state index is 5.70. The van der Waals surface area contributed by atoms with Crippen molar-refractivity contribution < 1.29 is 0 Å². The summed E-state index contributed by atoms with van der Waals surface area (Å²) in [4.78, 5) is 2.46. The van der Waals surface area contributed by atoms with Crippen LogP contribution < -0.4 is 5.73 Å². The second kappa shape index (κ2) is 4.07. The maximum Gasteiger partial charge on any atom is 0.0130 e. The summed E-state index contributed by atoms with van der Waals surface area (Å²) in [6.07, 6.45) is 3.91. The summed E-state index contributed by atoms with van der Waals surface area (Å²) in [6, 6.07) is 0.744. The first-order chi connectivity index (χ1) is 5.29. The molecule has 0 spiro atoms.